The molecule has 38 heavy (non-hydrogen) atoms. The number of hydrogen-bond acceptors (Lipinski definition) is 2. The first-order valence-electron chi connectivity index (χ1n) is 14.0. The molecule has 2 nitrogen and oxygen atoms in total. The summed E-state index contributed by atoms with van der Waals surface area (Å²) in [5, 5.41) is 0. The Kier molecular flexibility index (Phi) is 7.31. The minimum atomic E-state index is -2.74. The largest absolute Gasteiger partial charge is 0.322 e. The summed E-state index contributed by atoms with van der Waals surface area (Å²) in [6, 6.07) is 41.7. The summed E-state index contributed by atoms with van der Waals surface area (Å²) in [4.78, 5) is 0. The molecule has 0 saturated carbocycles. The molecule has 4 aromatic rings. The Morgan fingerprint density at radius 2 is 0.605 bits per heavy atom. The van der Waals surface area contributed by atoms with Crippen molar-refractivity contribution in [2.24, 2.45) is 0 Å². The third kappa shape index (κ3) is 4.68. The van der Waals surface area contributed by atoms with E-state index in [9.17, 15) is 0 Å². The number of hydrogen-bond donors (Lipinski definition) is 0. The molecule has 2 saturated heterocycles. The molecule has 4 heteroatoms. The first kappa shape index (κ1) is 25.6. The lowest BCUT2D eigenvalue weighted by Crippen LogP contribution is -2.10. The molecule has 0 aliphatic carbocycles. The molecule has 2 aliphatic heterocycles. The lowest BCUT2D eigenvalue weighted by Gasteiger charge is -2.32. The monoisotopic (exact) mass is 538 g/mol. The molecule has 2 fully saturated rings. The van der Waals surface area contributed by atoms with Gasteiger partial charge in [-0.1, -0.05) is 121 Å². The quantitative estimate of drug-likeness (QED) is 0.219. The number of rotatable bonds is 7. The van der Waals surface area contributed by atoms with Gasteiger partial charge < -0.3 is 9.13 Å². The molecule has 0 spiro atoms. The Labute approximate surface area is 227 Å². The van der Waals surface area contributed by atoms with Gasteiger partial charge in [0.2, 0.25) is 0 Å². The highest BCUT2D eigenvalue weighted by atomic mass is 31.2. The molecular formula is C34H36O2P2. The van der Waals surface area contributed by atoms with Crippen LogP contribution in [0.4, 0.5) is 0 Å². The van der Waals surface area contributed by atoms with E-state index in [0.29, 0.717) is 12.3 Å². The summed E-state index contributed by atoms with van der Waals surface area (Å²) in [7, 11) is -5.48. The molecular weight excluding hydrogens is 502 g/mol. The van der Waals surface area contributed by atoms with Crippen molar-refractivity contribution in [3.05, 3.63) is 144 Å². The van der Waals surface area contributed by atoms with E-state index in [-0.39, 0.29) is 22.6 Å². The summed E-state index contributed by atoms with van der Waals surface area (Å²) in [6.07, 6.45) is 4.81. The summed E-state index contributed by atoms with van der Waals surface area (Å²) < 4.78 is 30.7. The van der Waals surface area contributed by atoms with Crippen molar-refractivity contribution in [2.75, 3.05) is 12.3 Å². The maximum Gasteiger partial charge on any atom is 0.102 e. The van der Waals surface area contributed by atoms with Gasteiger partial charge in [0, 0.05) is 35.0 Å². The Hall–Kier alpha value is -2.66. The molecule has 6 rings (SSSR count). The SMILES string of the molecule is O=P1(CCP2(=O)[C@H](c3ccccc3)CC[C@H]2c2ccccc2)[C@H](c2ccccc2)CC[C@H]1c1ccccc1. The highest BCUT2D eigenvalue weighted by molar-refractivity contribution is 7.69. The Bertz CT molecular complexity index is 1220. The van der Waals surface area contributed by atoms with Gasteiger partial charge in [-0.05, 0) is 47.9 Å². The van der Waals surface area contributed by atoms with E-state index in [0.717, 1.165) is 25.7 Å². The predicted molar refractivity (Wildman–Crippen MR) is 160 cm³/mol. The molecule has 0 aromatic heterocycles. The topological polar surface area (TPSA) is 34.1 Å². The van der Waals surface area contributed by atoms with Crippen molar-refractivity contribution < 1.29 is 9.13 Å². The van der Waals surface area contributed by atoms with Gasteiger partial charge in [-0.15, -0.1) is 0 Å². The van der Waals surface area contributed by atoms with Gasteiger partial charge in [0.1, 0.15) is 14.3 Å². The van der Waals surface area contributed by atoms with Gasteiger partial charge in [-0.3, -0.25) is 0 Å². The van der Waals surface area contributed by atoms with Crippen LogP contribution >= 0.6 is 14.3 Å². The van der Waals surface area contributed by atoms with E-state index in [1.165, 1.54) is 22.3 Å². The highest BCUT2D eigenvalue weighted by Gasteiger charge is 2.52. The third-order valence-corrected chi connectivity index (χ3v) is 17.7. The van der Waals surface area contributed by atoms with Crippen molar-refractivity contribution in [3.8, 4) is 0 Å². The van der Waals surface area contributed by atoms with Gasteiger partial charge in [0.25, 0.3) is 0 Å². The van der Waals surface area contributed by atoms with Crippen LogP contribution in [0.2, 0.25) is 0 Å². The fraction of sp³-hybridized carbons (Fsp3) is 0.294. The van der Waals surface area contributed by atoms with Gasteiger partial charge in [0.05, 0.1) is 0 Å². The zero-order valence-electron chi connectivity index (χ0n) is 21.8. The molecule has 0 unspecified atom stereocenters. The molecule has 4 atom stereocenters. The second kappa shape index (κ2) is 10.8. The second-order valence-corrected chi connectivity index (χ2v) is 17.8. The Morgan fingerprint density at radius 3 is 0.816 bits per heavy atom. The highest BCUT2D eigenvalue weighted by Crippen LogP contribution is 2.81. The molecule has 194 valence electrons. The lowest BCUT2D eigenvalue weighted by molar-refractivity contribution is 0.559. The van der Waals surface area contributed by atoms with Crippen LogP contribution in [-0.4, -0.2) is 12.3 Å². The third-order valence-electron chi connectivity index (χ3n) is 9.07. The fourth-order valence-corrected chi connectivity index (χ4v) is 16.9. The first-order chi connectivity index (χ1) is 18.6. The molecule has 2 aliphatic rings. The normalized spacial score (nSPS) is 25.8. The van der Waals surface area contributed by atoms with Crippen molar-refractivity contribution >= 4 is 14.3 Å². The maximum absolute atomic E-state index is 15.3. The van der Waals surface area contributed by atoms with Crippen LogP contribution in [0.5, 0.6) is 0 Å². The fourth-order valence-electron chi connectivity index (χ4n) is 7.25. The molecule has 0 bridgehead atoms. The maximum atomic E-state index is 15.3. The average Bonchev–Trinajstić information content (AvgIpc) is 3.51. The van der Waals surface area contributed by atoms with E-state index in [2.05, 4.69) is 97.1 Å². The van der Waals surface area contributed by atoms with E-state index < -0.39 is 14.3 Å². The van der Waals surface area contributed by atoms with Gasteiger partial charge >= 0.3 is 0 Å². The van der Waals surface area contributed by atoms with Crippen molar-refractivity contribution in [2.45, 2.75) is 48.3 Å². The van der Waals surface area contributed by atoms with E-state index in [1.807, 2.05) is 24.3 Å². The van der Waals surface area contributed by atoms with Gasteiger partial charge in [0.15, 0.2) is 0 Å². The standard InChI is InChI=1S/C34H36O2P2/c35-37(31(27-13-5-1-6-14-27)21-22-32(37)28-15-7-2-8-16-28)25-26-38(36)33(29-17-9-3-10-18-29)23-24-34(38)30-19-11-4-12-20-30/h1-20,31-34H,21-26H2/t31-,32-,33-,34-/m0/s1. The van der Waals surface area contributed by atoms with Crippen molar-refractivity contribution in [1.82, 2.24) is 0 Å². The van der Waals surface area contributed by atoms with Crippen LogP contribution in [-0.2, 0) is 9.13 Å². The second-order valence-electron chi connectivity index (χ2n) is 11.0. The van der Waals surface area contributed by atoms with E-state index >= 15 is 9.13 Å². The van der Waals surface area contributed by atoms with E-state index in [4.69, 9.17) is 0 Å². The molecule has 0 N–H and O–H groups in total. The molecule has 4 aromatic carbocycles. The Balaban J connectivity index is 1.39. The van der Waals surface area contributed by atoms with E-state index in [1.54, 1.807) is 0 Å². The summed E-state index contributed by atoms with van der Waals surface area (Å²) in [5.74, 6) is 0. The van der Waals surface area contributed by atoms with Gasteiger partial charge in [-0.25, -0.2) is 0 Å². The smallest absolute Gasteiger partial charge is 0.102 e. The van der Waals surface area contributed by atoms with Crippen LogP contribution < -0.4 is 0 Å². The predicted octanol–water partition coefficient (Wildman–Crippen LogP) is 10.3. The first-order valence-corrected chi connectivity index (χ1v) is 18.0. The molecule has 0 amide bonds. The van der Waals surface area contributed by atoms with Crippen molar-refractivity contribution in [1.29, 1.82) is 0 Å². The lowest BCUT2D eigenvalue weighted by atomic mass is 10.0. The molecule has 2 heterocycles. The van der Waals surface area contributed by atoms with Gasteiger partial charge in [-0.2, -0.15) is 0 Å². The minimum absolute atomic E-state index is 0.0356. The molecule has 0 radical (unpaired) electrons. The van der Waals surface area contributed by atoms with Crippen LogP contribution in [0.3, 0.4) is 0 Å². The van der Waals surface area contributed by atoms with Crippen LogP contribution in [0, 0.1) is 0 Å². The number of benzene rings is 4. The van der Waals surface area contributed by atoms with Crippen LogP contribution in [0.25, 0.3) is 0 Å². The zero-order chi connectivity index (χ0) is 26.0. The zero-order valence-corrected chi connectivity index (χ0v) is 23.6. The van der Waals surface area contributed by atoms with Crippen LogP contribution in [0.1, 0.15) is 70.6 Å². The summed E-state index contributed by atoms with van der Waals surface area (Å²) >= 11 is 0. The minimum Gasteiger partial charge on any atom is -0.322 e. The summed E-state index contributed by atoms with van der Waals surface area (Å²) in [5.41, 5.74) is 4.86. The van der Waals surface area contributed by atoms with Crippen molar-refractivity contribution in [3.63, 3.8) is 0 Å². The summed E-state index contributed by atoms with van der Waals surface area (Å²) in [6.45, 7) is 0. The average molecular weight is 539 g/mol. The Morgan fingerprint density at radius 1 is 0.395 bits per heavy atom. The van der Waals surface area contributed by atoms with Crippen LogP contribution in [0.15, 0.2) is 121 Å².